The van der Waals surface area contributed by atoms with Crippen molar-refractivity contribution in [3.63, 3.8) is 0 Å². The van der Waals surface area contributed by atoms with Crippen LogP contribution in [0.4, 0.5) is 0 Å². The van der Waals surface area contributed by atoms with Gasteiger partial charge in [0.05, 0.1) is 6.26 Å². The monoisotopic (exact) mass is 403 g/mol. The summed E-state index contributed by atoms with van der Waals surface area (Å²) in [5, 5.41) is 0. The fourth-order valence-corrected chi connectivity index (χ4v) is 5.13. The number of furan rings is 1. The molecule has 29 heavy (non-hydrogen) atoms. The number of hydrogen-bond acceptors (Lipinski definition) is 5. The van der Waals surface area contributed by atoms with Gasteiger partial charge in [0.2, 0.25) is 0 Å². The van der Waals surface area contributed by atoms with Gasteiger partial charge in [-0.25, -0.2) is 0 Å². The van der Waals surface area contributed by atoms with Crippen molar-refractivity contribution in [1.29, 1.82) is 0 Å². The molecule has 3 saturated heterocycles. The van der Waals surface area contributed by atoms with Crippen molar-refractivity contribution in [3.8, 4) is 0 Å². The first kappa shape index (κ1) is 20.9. The van der Waals surface area contributed by atoms with Crippen LogP contribution in [0.2, 0.25) is 0 Å². The van der Waals surface area contributed by atoms with Crippen LogP contribution in [0.1, 0.15) is 55.5 Å². The number of piperidine rings is 2. The second-order valence-corrected chi connectivity index (χ2v) is 8.95. The summed E-state index contributed by atoms with van der Waals surface area (Å²) in [7, 11) is 0. The van der Waals surface area contributed by atoms with Crippen molar-refractivity contribution in [1.82, 2.24) is 14.7 Å². The van der Waals surface area contributed by atoms with E-state index in [0.717, 1.165) is 52.0 Å². The molecule has 0 bridgehead atoms. The first-order valence-electron chi connectivity index (χ1n) is 11.7. The molecule has 1 amide bonds. The maximum atomic E-state index is 12.5. The predicted molar refractivity (Wildman–Crippen MR) is 113 cm³/mol. The molecule has 0 N–H and O–H groups in total. The lowest BCUT2D eigenvalue weighted by atomic mass is 9.94. The third-order valence-electron chi connectivity index (χ3n) is 6.99. The molecule has 162 valence electrons. The standard InChI is InChI=1S/C23H37N3O3/c27-23(22-5-4-16-29-22)25-12-6-20(7-13-25)19-26(21-8-17-28-18-9-21)15-14-24-10-2-1-3-11-24/h4-5,16,20-21H,1-3,6-15,17-19H2. The second-order valence-electron chi connectivity index (χ2n) is 8.95. The molecule has 4 rings (SSSR count). The van der Waals surface area contributed by atoms with Crippen molar-refractivity contribution in [3.05, 3.63) is 24.2 Å². The minimum absolute atomic E-state index is 0.0415. The fourth-order valence-electron chi connectivity index (χ4n) is 5.13. The van der Waals surface area contributed by atoms with E-state index >= 15 is 0 Å². The number of likely N-dealkylation sites (tertiary alicyclic amines) is 2. The van der Waals surface area contributed by atoms with Crippen molar-refractivity contribution >= 4 is 5.91 Å². The van der Waals surface area contributed by atoms with Gasteiger partial charge in [0.25, 0.3) is 5.91 Å². The minimum Gasteiger partial charge on any atom is -0.459 e. The van der Waals surface area contributed by atoms with Crippen molar-refractivity contribution in [2.24, 2.45) is 5.92 Å². The SMILES string of the molecule is O=C(c1ccco1)N1CCC(CN(CCN2CCCCC2)C2CCOCC2)CC1. The van der Waals surface area contributed by atoms with E-state index in [1.54, 1.807) is 18.4 Å². The second kappa shape index (κ2) is 10.6. The van der Waals surface area contributed by atoms with Crippen LogP contribution in [0.3, 0.4) is 0 Å². The Kier molecular flexibility index (Phi) is 7.63. The predicted octanol–water partition coefficient (Wildman–Crippen LogP) is 3.10. The Morgan fingerprint density at radius 1 is 1.03 bits per heavy atom. The zero-order valence-electron chi connectivity index (χ0n) is 17.8. The Bertz CT molecular complexity index is 601. The average Bonchev–Trinajstić information content (AvgIpc) is 3.33. The Labute approximate surface area is 175 Å². The van der Waals surface area contributed by atoms with Crippen LogP contribution in [0.5, 0.6) is 0 Å². The van der Waals surface area contributed by atoms with Gasteiger partial charge in [-0.15, -0.1) is 0 Å². The molecule has 0 unspecified atom stereocenters. The summed E-state index contributed by atoms with van der Waals surface area (Å²) in [6.07, 6.45) is 10.2. The van der Waals surface area contributed by atoms with Gasteiger partial charge in [0.1, 0.15) is 0 Å². The van der Waals surface area contributed by atoms with Crippen molar-refractivity contribution < 1.29 is 13.9 Å². The zero-order valence-corrected chi connectivity index (χ0v) is 17.8. The summed E-state index contributed by atoms with van der Waals surface area (Å²) in [6.45, 7) is 9.59. The molecule has 1 aromatic rings. The third kappa shape index (κ3) is 5.83. The Hall–Kier alpha value is -1.37. The maximum Gasteiger partial charge on any atom is 0.289 e. The average molecular weight is 404 g/mol. The molecule has 6 heteroatoms. The summed E-state index contributed by atoms with van der Waals surface area (Å²) in [6, 6.07) is 4.21. The number of ether oxygens (including phenoxy) is 1. The molecule has 1 aromatic heterocycles. The first-order valence-corrected chi connectivity index (χ1v) is 11.7. The van der Waals surface area contributed by atoms with Gasteiger partial charge in [-0.05, 0) is 69.7 Å². The highest BCUT2D eigenvalue weighted by Crippen LogP contribution is 2.24. The van der Waals surface area contributed by atoms with Gasteiger partial charge in [0, 0.05) is 52.0 Å². The van der Waals surface area contributed by atoms with Gasteiger partial charge in [-0.2, -0.15) is 0 Å². The number of carbonyl (C=O) groups excluding carboxylic acids is 1. The van der Waals surface area contributed by atoms with Crippen LogP contribution < -0.4 is 0 Å². The number of rotatable bonds is 7. The molecule has 3 aliphatic heterocycles. The molecular weight excluding hydrogens is 366 g/mol. The van der Waals surface area contributed by atoms with E-state index in [0.29, 0.717) is 17.7 Å². The maximum absolute atomic E-state index is 12.5. The van der Waals surface area contributed by atoms with Gasteiger partial charge >= 0.3 is 0 Å². The van der Waals surface area contributed by atoms with E-state index in [4.69, 9.17) is 9.15 Å². The van der Waals surface area contributed by atoms with Crippen LogP contribution in [-0.4, -0.2) is 85.7 Å². The van der Waals surface area contributed by atoms with Crippen molar-refractivity contribution in [2.45, 2.75) is 51.0 Å². The normalized spacial score (nSPS) is 23.0. The summed E-state index contributed by atoms with van der Waals surface area (Å²) >= 11 is 0. The lowest BCUT2D eigenvalue weighted by Gasteiger charge is -2.40. The third-order valence-corrected chi connectivity index (χ3v) is 6.99. The highest BCUT2D eigenvalue weighted by molar-refractivity contribution is 5.91. The highest BCUT2D eigenvalue weighted by Gasteiger charge is 2.29. The van der Waals surface area contributed by atoms with E-state index in [9.17, 15) is 4.79 Å². The van der Waals surface area contributed by atoms with Gasteiger partial charge in [0.15, 0.2) is 5.76 Å². The lowest BCUT2D eigenvalue weighted by Crippen LogP contribution is -2.48. The Morgan fingerprint density at radius 2 is 1.79 bits per heavy atom. The molecule has 0 aliphatic carbocycles. The summed E-state index contributed by atoms with van der Waals surface area (Å²) in [5.41, 5.74) is 0. The number of nitrogens with zero attached hydrogens (tertiary/aromatic N) is 3. The first-order chi connectivity index (χ1) is 14.3. The Balaban J connectivity index is 1.28. The van der Waals surface area contributed by atoms with Crippen LogP contribution >= 0.6 is 0 Å². The topological polar surface area (TPSA) is 49.2 Å². The van der Waals surface area contributed by atoms with Crippen molar-refractivity contribution in [2.75, 3.05) is 59.0 Å². The largest absolute Gasteiger partial charge is 0.459 e. The minimum atomic E-state index is 0.0415. The highest BCUT2D eigenvalue weighted by atomic mass is 16.5. The molecule has 4 heterocycles. The van der Waals surface area contributed by atoms with Crippen LogP contribution in [0.15, 0.2) is 22.8 Å². The molecule has 0 atom stereocenters. The van der Waals surface area contributed by atoms with Gasteiger partial charge < -0.3 is 19.0 Å². The molecular formula is C23H37N3O3. The van der Waals surface area contributed by atoms with E-state index < -0.39 is 0 Å². The Morgan fingerprint density at radius 3 is 2.48 bits per heavy atom. The lowest BCUT2D eigenvalue weighted by molar-refractivity contribution is 0.0183. The zero-order chi connectivity index (χ0) is 19.9. The van der Waals surface area contributed by atoms with E-state index in [-0.39, 0.29) is 5.91 Å². The molecule has 0 saturated carbocycles. The molecule has 0 aromatic carbocycles. The summed E-state index contributed by atoms with van der Waals surface area (Å²) in [5.74, 6) is 1.19. The fraction of sp³-hybridized carbons (Fsp3) is 0.783. The molecule has 3 aliphatic rings. The van der Waals surface area contributed by atoms with Crippen LogP contribution in [-0.2, 0) is 4.74 Å². The summed E-state index contributed by atoms with van der Waals surface area (Å²) < 4.78 is 10.9. The molecule has 6 nitrogen and oxygen atoms in total. The quantitative estimate of drug-likeness (QED) is 0.700. The number of hydrogen-bond donors (Lipinski definition) is 0. The van der Waals surface area contributed by atoms with Gasteiger partial charge in [-0.3, -0.25) is 9.69 Å². The number of carbonyl (C=O) groups is 1. The van der Waals surface area contributed by atoms with Gasteiger partial charge in [-0.1, -0.05) is 6.42 Å². The van der Waals surface area contributed by atoms with E-state index in [2.05, 4.69) is 9.80 Å². The van der Waals surface area contributed by atoms with Crippen LogP contribution in [0.25, 0.3) is 0 Å². The molecule has 0 spiro atoms. The molecule has 0 radical (unpaired) electrons. The molecule has 3 fully saturated rings. The number of amides is 1. The van der Waals surface area contributed by atoms with E-state index in [1.165, 1.54) is 52.0 Å². The summed E-state index contributed by atoms with van der Waals surface area (Å²) in [4.78, 5) is 19.9. The van der Waals surface area contributed by atoms with E-state index in [1.807, 2.05) is 4.90 Å². The van der Waals surface area contributed by atoms with Crippen LogP contribution in [0, 0.1) is 5.92 Å². The smallest absolute Gasteiger partial charge is 0.289 e.